The van der Waals surface area contributed by atoms with E-state index >= 15 is 0 Å². The molecule has 0 radical (unpaired) electrons. The van der Waals surface area contributed by atoms with Crippen molar-refractivity contribution in [2.24, 2.45) is 5.73 Å². The Labute approximate surface area is 139 Å². The van der Waals surface area contributed by atoms with Gasteiger partial charge in [0.25, 0.3) is 5.91 Å². The third-order valence-electron chi connectivity index (χ3n) is 3.05. The fraction of sp³-hybridized carbons (Fsp3) is 0.467. The van der Waals surface area contributed by atoms with E-state index in [0.717, 1.165) is 5.56 Å². The third-order valence-corrected chi connectivity index (χ3v) is 3.69. The number of methoxy groups -OCH3 is 2. The molecule has 1 atom stereocenters. The number of ether oxygens (including phenoxy) is 3. The van der Waals surface area contributed by atoms with Crippen molar-refractivity contribution >= 4 is 23.8 Å². The fourth-order valence-corrected chi connectivity index (χ4v) is 2.35. The quantitative estimate of drug-likeness (QED) is 0.706. The van der Waals surface area contributed by atoms with Crippen molar-refractivity contribution in [3.8, 4) is 11.5 Å². The first kappa shape index (κ1) is 19.0. The van der Waals surface area contributed by atoms with Gasteiger partial charge in [-0.3, -0.25) is 4.79 Å². The van der Waals surface area contributed by atoms with Crippen LogP contribution in [0.1, 0.15) is 12.0 Å². The van der Waals surface area contributed by atoms with Crippen molar-refractivity contribution in [2.45, 2.75) is 19.1 Å². The summed E-state index contributed by atoms with van der Waals surface area (Å²) in [5.74, 6) is 1.48. The minimum atomic E-state index is -0.961. The van der Waals surface area contributed by atoms with Crippen molar-refractivity contribution in [1.82, 2.24) is 5.32 Å². The van der Waals surface area contributed by atoms with Gasteiger partial charge >= 0.3 is 6.09 Å². The molecule has 1 rings (SSSR count). The van der Waals surface area contributed by atoms with Crippen LogP contribution in [0.4, 0.5) is 4.79 Å². The number of hydrogen-bond acceptors (Lipinski definition) is 6. The summed E-state index contributed by atoms with van der Waals surface area (Å²) >= 11 is 1.56. The van der Waals surface area contributed by atoms with Crippen LogP contribution in [0.5, 0.6) is 11.5 Å². The van der Waals surface area contributed by atoms with Gasteiger partial charge in [-0.15, -0.1) is 0 Å². The highest BCUT2D eigenvalue weighted by molar-refractivity contribution is 7.98. The largest absolute Gasteiger partial charge is 0.493 e. The second-order valence-electron chi connectivity index (χ2n) is 4.61. The molecule has 128 valence electrons. The van der Waals surface area contributed by atoms with Crippen LogP contribution >= 0.6 is 11.8 Å². The van der Waals surface area contributed by atoms with Gasteiger partial charge in [0.2, 0.25) is 0 Å². The first-order valence-electron chi connectivity index (χ1n) is 6.95. The maximum absolute atomic E-state index is 12.1. The number of carbonyl (C=O) groups excluding carboxylic acids is 2. The zero-order valence-corrected chi connectivity index (χ0v) is 14.3. The SMILES string of the molecule is COc1ccc(CNC(=O)[C@@H](CCSC)OC(N)=O)cc1OC. The Kier molecular flexibility index (Phi) is 8.10. The summed E-state index contributed by atoms with van der Waals surface area (Å²) < 4.78 is 15.2. The highest BCUT2D eigenvalue weighted by Crippen LogP contribution is 2.27. The molecule has 3 N–H and O–H groups in total. The highest BCUT2D eigenvalue weighted by atomic mass is 32.2. The van der Waals surface area contributed by atoms with Crippen LogP contribution in [-0.2, 0) is 16.1 Å². The molecule has 1 aromatic rings. The van der Waals surface area contributed by atoms with Crippen molar-refractivity contribution in [3.63, 3.8) is 0 Å². The molecule has 0 spiro atoms. The molecule has 0 aliphatic heterocycles. The minimum absolute atomic E-state index is 0.275. The van der Waals surface area contributed by atoms with Crippen molar-refractivity contribution in [3.05, 3.63) is 23.8 Å². The summed E-state index contributed by atoms with van der Waals surface area (Å²) in [4.78, 5) is 23.0. The van der Waals surface area contributed by atoms with Crippen LogP contribution in [0.15, 0.2) is 18.2 Å². The predicted octanol–water partition coefficient (Wildman–Crippen LogP) is 1.54. The van der Waals surface area contributed by atoms with Crippen LogP contribution in [0.3, 0.4) is 0 Å². The molecule has 0 saturated carbocycles. The van der Waals surface area contributed by atoms with Crippen LogP contribution in [-0.4, -0.2) is 44.3 Å². The molecular weight excluding hydrogens is 320 g/mol. The van der Waals surface area contributed by atoms with E-state index < -0.39 is 12.2 Å². The average molecular weight is 342 g/mol. The molecule has 7 nitrogen and oxygen atoms in total. The van der Waals surface area contributed by atoms with Gasteiger partial charge < -0.3 is 25.3 Å². The average Bonchev–Trinajstić information content (AvgIpc) is 2.55. The number of nitrogens with two attached hydrogens (primary N) is 1. The van der Waals surface area contributed by atoms with Crippen LogP contribution in [0.2, 0.25) is 0 Å². The summed E-state index contributed by atoms with van der Waals surface area (Å²) in [6, 6.07) is 5.34. The Balaban J connectivity index is 2.67. The van der Waals surface area contributed by atoms with E-state index in [4.69, 9.17) is 19.9 Å². The topological polar surface area (TPSA) is 99.9 Å². The second kappa shape index (κ2) is 9.83. The molecule has 0 heterocycles. The Hall–Kier alpha value is -2.09. The Morgan fingerprint density at radius 2 is 1.96 bits per heavy atom. The Bertz CT molecular complexity index is 539. The summed E-state index contributed by atoms with van der Waals surface area (Å²) in [6.45, 7) is 0.275. The van der Waals surface area contributed by atoms with Crippen molar-refractivity contribution < 1.29 is 23.8 Å². The van der Waals surface area contributed by atoms with E-state index in [9.17, 15) is 9.59 Å². The maximum Gasteiger partial charge on any atom is 0.405 e. The van der Waals surface area contributed by atoms with Gasteiger partial charge in [0.05, 0.1) is 14.2 Å². The lowest BCUT2D eigenvalue weighted by Crippen LogP contribution is -2.39. The number of carbonyl (C=O) groups is 2. The van der Waals surface area contributed by atoms with Crippen LogP contribution in [0, 0.1) is 0 Å². The number of rotatable bonds is 9. The Morgan fingerprint density at radius 1 is 1.26 bits per heavy atom. The lowest BCUT2D eigenvalue weighted by molar-refractivity contribution is -0.129. The van der Waals surface area contributed by atoms with Gasteiger partial charge in [0.1, 0.15) is 0 Å². The Morgan fingerprint density at radius 3 is 2.52 bits per heavy atom. The van der Waals surface area contributed by atoms with E-state index in [2.05, 4.69) is 5.32 Å². The van der Waals surface area contributed by atoms with E-state index in [1.165, 1.54) is 0 Å². The lowest BCUT2D eigenvalue weighted by atomic mass is 10.2. The van der Waals surface area contributed by atoms with Crippen molar-refractivity contribution in [1.29, 1.82) is 0 Å². The van der Waals surface area contributed by atoms with Gasteiger partial charge in [-0.25, -0.2) is 4.79 Å². The molecule has 0 aliphatic rings. The zero-order valence-electron chi connectivity index (χ0n) is 13.5. The van der Waals surface area contributed by atoms with E-state index in [1.54, 1.807) is 38.1 Å². The van der Waals surface area contributed by atoms with Gasteiger partial charge in [-0.2, -0.15) is 11.8 Å². The summed E-state index contributed by atoms with van der Waals surface area (Å²) in [5, 5.41) is 2.72. The summed E-state index contributed by atoms with van der Waals surface area (Å²) in [5.41, 5.74) is 5.83. The first-order chi connectivity index (χ1) is 11.0. The molecule has 0 bridgehead atoms. The fourth-order valence-electron chi connectivity index (χ4n) is 1.90. The van der Waals surface area contributed by atoms with Crippen LogP contribution < -0.4 is 20.5 Å². The van der Waals surface area contributed by atoms with E-state index in [1.807, 2.05) is 12.3 Å². The van der Waals surface area contributed by atoms with Gasteiger partial charge in [0, 0.05) is 13.0 Å². The van der Waals surface area contributed by atoms with Crippen LogP contribution in [0.25, 0.3) is 0 Å². The zero-order chi connectivity index (χ0) is 17.2. The standard InChI is InChI=1S/C15H22N2O5S/c1-20-11-5-4-10(8-13(11)21-2)9-17-14(18)12(6-7-23-3)22-15(16)19/h4-5,8,12H,6-7,9H2,1-3H3,(H2,16,19)(H,17,18)/t12-/m1/s1. The predicted molar refractivity (Wildman–Crippen MR) is 88.8 cm³/mol. The first-order valence-corrected chi connectivity index (χ1v) is 8.34. The molecule has 8 heteroatoms. The molecule has 0 aliphatic carbocycles. The number of primary amides is 1. The molecule has 23 heavy (non-hydrogen) atoms. The molecule has 0 unspecified atom stereocenters. The van der Waals surface area contributed by atoms with Gasteiger partial charge in [0.15, 0.2) is 17.6 Å². The third kappa shape index (κ3) is 6.27. The number of nitrogens with one attached hydrogen (secondary N) is 1. The second-order valence-corrected chi connectivity index (χ2v) is 5.60. The van der Waals surface area contributed by atoms with Gasteiger partial charge in [-0.1, -0.05) is 6.07 Å². The number of amides is 2. The van der Waals surface area contributed by atoms with E-state index in [-0.39, 0.29) is 12.5 Å². The number of benzene rings is 1. The smallest absolute Gasteiger partial charge is 0.405 e. The number of thioether (sulfide) groups is 1. The molecule has 2 amide bonds. The normalized spacial score (nSPS) is 11.4. The summed E-state index contributed by atoms with van der Waals surface area (Å²) in [7, 11) is 3.09. The van der Waals surface area contributed by atoms with Gasteiger partial charge in [-0.05, 0) is 29.7 Å². The minimum Gasteiger partial charge on any atom is -0.493 e. The molecular formula is C15H22N2O5S. The van der Waals surface area contributed by atoms with Crippen molar-refractivity contribution in [2.75, 3.05) is 26.2 Å². The monoisotopic (exact) mass is 342 g/mol. The molecule has 0 saturated heterocycles. The maximum atomic E-state index is 12.1. The molecule has 1 aromatic carbocycles. The highest BCUT2D eigenvalue weighted by Gasteiger charge is 2.21. The molecule has 0 fully saturated rings. The van der Waals surface area contributed by atoms with E-state index in [0.29, 0.717) is 23.7 Å². The molecule has 0 aromatic heterocycles. The number of hydrogen-bond donors (Lipinski definition) is 2. The summed E-state index contributed by atoms with van der Waals surface area (Å²) in [6.07, 6.45) is 0.461. The lowest BCUT2D eigenvalue weighted by Gasteiger charge is -2.16.